The van der Waals surface area contributed by atoms with Crippen LogP contribution in [-0.2, 0) is 0 Å². The van der Waals surface area contributed by atoms with Gasteiger partial charge in [-0.1, -0.05) is 146 Å². The molecule has 0 aliphatic rings. The fraction of sp³-hybridized carbons (Fsp3) is 0. The molecule has 0 amide bonds. The minimum absolute atomic E-state index is 0.597. The molecule has 4 nitrogen and oxygen atoms in total. The lowest BCUT2D eigenvalue weighted by Gasteiger charge is -2.12. The average Bonchev–Trinajstić information content (AvgIpc) is 3.60. The Kier molecular flexibility index (Phi) is 6.78. The minimum atomic E-state index is 0.597. The number of hydrogen-bond acceptors (Lipinski definition) is 4. The Bertz CT molecular complexity index is 2910. The van der Waals surface area contributed by atoms with E-state index in [-0.39, 0.29) is 0 Å². The molecule has 0 saturated heterocycles. The summed E-state index contributed by atoms with van der Waals surface area (Å²) in [6.07, 6.45) is 0. The first-order valence-corrected chi connectivity index (χ1v) is 17.1. The summed E-state index contributed by atoms with van der Waals surface area (Å²) in [5.74, 6) is 1.83. The molecule has 4 heteroatoms. The smallest absolute Gasteiger partial charge is 0.164 e. The predicted molar refractivity (Wildman–Crippen MR) is 209 cm³/mol. The summed E-state index contributed by atoms with van der Waals surface area (Å²) in [5, 5.41) is 6.65. The highest BCUT2D eigenvalue weighted by Crippen LogP contribution is 2.43. The fourth-order valence-electron chi connectivity index (χ4n) is 7.22. The van der Waals surface area contributed by atoms with Crippen molar-refractivity contribution in [2.24, 2.45) is 0 Å². The standard InChI is InChI=1S/C47H29N3O/c1-3-12-30(13-4-1)33-22-23-35-29-36(25-24-34(35)28-33)46-48-45(32-15-5-2-6-16-32)49-47(50-46)41-27-26-39(38-20-11-17-31-14-7-8-18-37(31)38)44-43(41)40-19-9-10-21-42(40)51-44/h1-29H. The van der Waals surface area contributed by atoms with Gasteiger partial charge in [0.1, 0.15) is 11.2 Å². The summed E-state index contributed by atoms with van der Waals surface area (Å²) in [6, 6.07) is 61.0. The molecule has 238 valence electrons. The molecule has 10 aromatic rings. The lowest BCUT2D eigenvalue weighted by Crippen LogP contribution is -2.00. The minimum Gasteiger partial charge on any atom is -0.455 e. The summed E-state index contributed by atoms with van der Waals surface area (Å²) in [5.41, 5.74) is 8.92. The number of fused-ring (bicyclic) bond motifs is 5. The number of rotatable bonds is 5. The second-order valence-electron chi connectivity index (χ2n) is 12.8. The zero-order chi connectivity index (χ0) is 33.7. The van der Waals surface area contributed by atoms with Gasteiger partial charge in [-0.05, 0) is 68.6 Å². The van der Waals surface area contributed by atoms with Gasteiger partial charge in [0.2, 0.25) is 0 Å². The number of aromatic nitrogens is 3. The molecule has 0 N–H and O–H groups in total. The van der Waals surface area contributed by atoms with E-state index in [2.05, 4.69) is 127 Å². The molecule has 0 aliphatic carbocycles. The Morgan fingerprint density at radius 3 is 1.73 bits per heavy atom. The molecule has 0 saturated carbocycles. The average molecular weight is 652 g/mol. The molecule has 0 radical (unpaired) electrons. The molecule has 10 rings (SSSR count). The molecular weight excluding hydrogens is 623 g/mol. The van der Waals surface area contributed by atoms with Gasteiger partial charge in [0.15, 0.2) is 17.5 Å². The Balaban J connectivity index is 1.19. The molecule has 8 aromatic carbocycles. The van der Waals surface area contributed by atoms with Crippen molar-refractivity contribution < 1.29 is 4.42 Å². The first-order chi connectivity index (χ1) is 25.3. The Morgan fingerprint density at radius 2 is 0.922 bits per heavy atom. The van der Waals surface area contributed by atoms with Crippen LogP contribution >= 0.6 is 0 Å². The van der Waals surface area contributed by atoms with E-state index < -0.39 is 0 Å². The van der Waals surface area contributed by atoms with Crippen LogP contribution in [0.25, 0.3) is 99.9 Å². The van der Waals surface area contributed by atoms with Gasteiger partial charge < -0.3 is 4.42 Å². The number of para-hydroxylation sites is 1. The fourth-order valence-corrected chi connectivity index (χ4v) is 7.22. The van der Waals surface area contributed by atoms with Crippen molar-refractivity contribution in [3.8, 4) is 56.4 Å². The molecule has 0 bridgehead atoms. The van der Waals surface area contributed by atoms with E-state index >= 15 is 0 Å². The van der Waals surface area contributed by atoms with Crippen LogP contribution in [0.5, 0.6) is 0 Å². The van der Waals surface area contributed by atoms with Gasteiger partial charge in [0, 0.05) is 33.0 Å². The van der Waals surface area contributed by atoms with Crippen LogP contribution in [0.4, 0.5) is 0 Å². The highest BCUT2D eigenvalue weighted by Gasteiger charge is 2.21. The zero-order valence-electron chi connectivity index (χ0n) is 27.5. The Hall–Kier alpha value is -6.91. The first kappa shape index (κ1) is 29.0. The number of benzene rings is 8. The SMILES string of the molecule is c1ccc(-c2ccc3cc(-c4nc(-c5ccccc5)nc(-c5ccc(-c6cccc7ccccc67)c6oc7ccccc7c56)n4)ccc3c2)cc1. The van der Waals surface area contributed by atoms with E-state index in [0.29, 0.717) is 17.5 Å². The van der Waals surface area contributed by atoms with Crippen LogP contribution in [0.2, 0.25) is 0 Å². The summed E-state index contributed by atoms with van der Waals surface area (Å²) in [7, 11) is 0. The molecule has 2 heterocycles. The third-order valence-electron chi connectivity index (χ3n) is 9.72. The number of furan rings is 1. The number of nitrogens with zero attached hydrogens (tertiary/aromatic N) is 3. The molecule has 2 aromatic heterocycles. The van der Waals surface area contributed by atoms with Gasteiger partial charge in [-0.25, -0.2) is 15.0 Å². The maximum absolute atomic E-state index is 6.70. The topological polar surface area (TPSA) is 51.8 Å². The Morgan fingerprint density at radius 1 is 0.333 bits per heavy atom. The van der Waals surface area contributed by atoms with E-state index in [1.807, 2.05) is 48.5 Å². The molecule has 0 atom stereocenters. The largest absolute Gasteiger partial charge is 0.455 e. The van der Waals surface area contributed by atoms with Gasteiger partial charge in [-0.15, -0.1) is 0 Å². The summed E-state index contributed by atoms with van der Waals surface area (Å²) in [4.78, 5) is 15.4. The molecule has 0 spiro atoms. The van der Waals surface area contributed by atoms with E-state index in [0.717, 1.165) is 60.5 Å². The molecule has 51 heavy (non-hydrogen) atoms. The third kappa shape index (κ3) is 5.04. The maximum Gasteiger partial charge on any atom is 0.164 e. The van der Waals surface area contributed by atoms with E-state index in [9.17, 15) is 0 Å². The van der Waals surface area contributed by atoms with Crippen LogP contribution < -0.4 is 0 Å². The summed E-state index contributed by atoms with van der Waals surface area (Å²) >= 11 is 0. The lowest BCUT2D eigenvalue weighted by atomic mass is 9.94. The molecular formula is C47H29N3O. The van der Waals surface area contributed by atoms with Crippen LogP contribution in [0.1, 0.15) is 0 Å². The monoisotopic (exact) mass is 651 g/mol. The second-order valence-corrected chi connectivity index (χ2v) is 12.8. The van der Waals surface area contributed by atoms with Gasteiger partial charge in [0.05, 0.1) is 0 Å². The van der Waals surface area contributed by atoms with Crippen molar-refractivity contribution in [2.75, 3.05) is 0 Å². The first-order valence-electron chi connectivity index (χ1n) is 17.1. The van der Waals surface area contributed by atoms with Crippen molar-refractivity contribution in [2.45, 2.75) is 0 Å². The second kappa shape index (κ2) is 11.9. The Labute approximate surface area is 294 Å². The molecule has 0 fully saturated rings. The third-order valence-corrected chi connectivity index (χ3v) is 9.72. The van der Waals surface area contributed by atoms with Crippen molar-refractivity contribution in [3.63, 3.8) is 0 Å². The predicted octanol–water partition coefficient (Wildman–Crippen LogP) is 12.4. The van der Waals surface area contributed by atoms with E-state index in [1.165, 1.54) is 21.9 Å². The normalized spacial score (nSPS) is 11.5. The van der Waals surface area contributed by atoms with E-state index in [4.69, 9.17) is 19.4 Å². The van der Waals surface area contributed by atoms with Gasteiger partial charge in [-0.2, -0.15) is 0 Å². The van der Waals surface area contributed by atoms with Crippen LogP contribution in [-0.4, -0.2) is 15.0 Å². The van der Waals surface area contributed by atoms with Crippen LogP contribution in [0.3, 0.4) is 0 Å². The lowest BCUT2D eigenvalue weighted by molar-refractivity contribution is 0.670. The zero-order valence-corrected chi connectivity index (χ0v) is 27.5. The van der Waals surface area contributed by atoms with Crippen molar-refractivity contribution in [3.05, 3.63) is 176 Å². The molecule has 0 aliphatic heterocycles. The highest BCUT2D eigenvalue weighted by molar-refractivity contribution is 6.17. The summed E-state index contributed by atoms with van der Waals surface area (Å²) < 4.78 is 6.70. The van der Waals surface area contributed by atoms with Crippen molar-refractivity contribution in [1.82, 2.24) is 15.0 Å². The number of hydrogen-bond donors (Lipinski definition) is 0. The van der Waals surface area contributed by atoms with Crippen molar-refractivity contribution >= 4 is 43.5 Å². The maximum atomic E-state index is 6.70. The molecule has 0 unspecified atom stereocenters. The van der Waals surface area contributed by atoms with Crippen LogP contribution in [0.15, 0.2) is 180 Å². The van der Waals surface area contributed by atoms with Gasteiger partial charge in [-0.3, -0.25) is 0 Å². The van der Waals surface area contributed by atoms with Gasteiger partial charge in [0.25, 0.3) is 0 Å². The summed E-state index contributed by atoms with van der Waals surface area (Å²) in [6.45, 7) is 0. The highest BCUT2D eigenvalue weighted by atomic mass is 16.3. The van der Waals surface area contributed by atoms with Gasteiger partial charge >= 0.3 is 0 Å². The van der Waals surface area contributed by atoms with Crippen LogP contribution in [0, 0.1) is 0 Å². The van der Waals surface area contributed by atoms with E-state index in [1.54, 1.807) is 0 Å². The quantitative estimate of drug-likeness (QED) is 0.186. The van der Waals surface area contributed by atoms with Crippen molar-refractivity contribution in [1.29, 1.82) is 0 Å².